The second-order valence-corrected chi connectivity index (χ2v) is 7.42. The molecular formula is C22H22N2O3S. The summed E-state index contributed by atoms with van der Waals surface area (Å²) in [5, 5.41) is 2.81. The largest absolute Gasteiger partial charge is 0.325 e. The van der Waals surface area contributed by atoms with Crippen LogP contribution < -0.4 is 11.1 Å². The van der Waals surface area contributed by atoms with Gasteiger partial charge in [-0.15, -0.1) is 0 Å². The van der Waals surface area contributed by atoms with Crippen LogP contribution in [0.3, 0.4) is 0 Å². The molecule has 0 aliphatic rings. The second-order valence-electron chi connectivity index (χ2n) is 6.49. The third kappa shape index (κ3) is 5.36. The minimum absolute atomic E-state index is 0.0238. The molecule has 6 heteroatoms. The summed E-state index contributed by atoms with van der Waals surface area (Å²) in [6.45, 7) is 0. The van der Waals surface area contributed by atoms with Crippen molar-refractivity contribution >= 4 is 22.7 Å². The second kappa shape index (κ2) is 9.41. The molecule has 3 rings (SSSR count). The number of hydrogen-bond acceptors (Lipinski definition) is 3. The van der Waals surface area contributed by atoms with E-state index in [1.54, 1.807) is 12.1 Å². The van der Waals surface area contributed by atoms with Crippen molar-refractivity contribution in [2.45, 2.75) is 18.2 Å². The number of carbonyl (C=O) groups excluding carboxylic acids is 1. The Kier molecular flexibility index (Phi) is 6.71. The first-order valence-corrected chi connectivity index (χ1v) is 10.2. The zero-order valence-corrected chi connectivity index (χ0v) is 16.1. The molecule has 2 atom stereocenters. The van der Waals surface area contributed by atoms with Crippen molar-refractivity contribution in [2.75, 3.05) is 5.32 Å². The fraction of sp³-hybridized carbons (Fsp3) is 0.136. The Balaban J connectivity index is 1.78. The van der Waals surface area contributed by atoms with Gasteiger partial charge in [-0.05, 0) is 40.8 Å². The van der Waals surface area contributed by atoms with Crippen LogP contribution in [0.2, 0.25) is 0 Å². The first-order valence-electron chi connectivity index (χ1n) is 8.89. The number of rotatable bonds is 7. The zero-order valence-electron chi connectivity index (χ0n) is 15.2. The smallest absolute Gasteiger partial charge is 0.241 e. The Hall–Kier alpha value is -2.80. The van der Waals surface area contributed by atoms with Crippen LogP contribution >= 0.6 is 0 Å². The molecule has 0 saturated heterocycles. The van der Waals surface area contributed by atoms with E-state index < -0.39 is 17.1 Å². The molecule has 0 fully saturated rings. The van der Waals surface area contributed by atoms with Crippen LogP contribution in [0.15, 0.2) is 78.9 Å². The summed E-state index contributed by atoms with van der Waals surface area (Å²) in [6, 6.07) is 23.8. The zero-order chi connectivity index (χ0) is 19.9. The standard InChI is InChI=1S/C22H22N2O3S/c23-21(13-16-7-3-1-4-8-16)22(25)24-19-11-12-20(17-9-5-2-6-10-17)18(14-19)15-28(26)27/h1-12,14,21H,13,15,23H2,(H,24,25)(H,26,27)/t21-/m1/s1. The highest BCUT2D eigenvalue weighted by molar-refractivity contribution is 7.78. The lowest BCUT2D eigenvalue weighted by Crippen LogP contribution is -2.37. The van der Waals surface area contributed by atoms with Gasteiger partial charge in [-0.1, -0.05) is 66.7 Å². The predicted molar refractivity (Wildman–Crippen MR) is 113 cm³/mol. The number of amides is 1. The lowest BCUT2D eigenvalue weighted by Gasteiger charge is -2.15. The molecule has 0 aromatic heterocycles. The Bertz CT molecular complexity index is 962. The predicted octanol–water partition coefficient (Wildman–Crippen LogP) is 3.58. The van der Waals surface area contributed by atoms with E-state index in [9.17, 15) is 13.6 Å². The molecule has 0 bridgehead atoms. The van der Waals surface area contributed by atoms with Gasteiger partial charge in [0.1, 0.15) is 0 Å². The van der Waals surface area contributed by atoms with Crippen molar-refractivity contribution in [1.82, 2.24) is 0 Å². The number of anilines is 1. The third-order valence-electron chi connectivity index (χ3n) is 4.37. The number of carbonyl (C=O) groups is 1. The average Bonchev–Trinajstić information content (AvgIpc) is 2.69. The Morgan fingerprint density at radius 2 is 1.64 bits per heavy atom. The van der Waals surface area contributed by atoms with E-state index >= 15 is 0 Å². The third-order valence-corrected chi connectivity index (χ3v) is 4.93. The lowest BCUT2D eigenvalue weighted by molar-refractivity contribution is -0.117. The van der Waals surface area contributed by atoms with Crippen molar-refractivity contribution in [3.8, 4) is 11.1 Å². The van der Waals surface area contributed by atoms with E-state index in [-0.39, 0.29) is 11.7 Å². The molecule has 3 aromatic rings. The molecular weight excluding hydrogens is 372 g/mol. The highest BCUT2D eigenvalue weighted by Crippen LogP contribution is 2.27. The highest BCUT2D eigenvalue weighted by Gasteiger charge is 2.16. The summed E-state index contributed by atoms with van der Waals surface area (Å²) in [4.78, 5) is 12.5. The molecule has 5 nitrogen and oxygen atoms in total. The summed E-state index contributed by atoms with van der Waals surface area (Å²) in [7, 11) is 0. The van der Waals surface area contributed by atoms with Crippen LogP contribution in [0, 0.1) is 0 Å². The maximum absolute atomic E-state index is 12.5. The van der Waals surface area contributed by atoms with E-state index in [2.05, 4.69) is 5.32 Å². The molecule has 4 N–H and O–H groups in total. The molecule has 1 unspecified atom stereocenters. The molecule has 28 heavy (non-hydrogen) atoms. The number of hydrogen-bond donors (Lipinski definition) is 3. The van der Waals surface area contributed by atoms with Crippen LogP contribution in [0.5, 0.6) is 0 Å². The fourth-order valence-corrected chi connectivity index (χ4v) is 3.52. The SMILES string of the molecule is N[C@H](Cc1ccccc1)C(=O)Nc1ccc(-c2ccccc2)c(CS(=O)O)c1. The number of nitrogens with one attached hydrogen (secondary N) is 1. The van der Waals surface area contributed by atoms with Crippen LogP contribution in [0.25, 0.3) is 11.1 Å². The van der Waals surface area contributed by atoms with Gasteiger partial charge in [-0.3, -0.25) is 4.79 Å². The molecule has 0 radical (unpaired) electrons. The van der Waals surface area contributed by atoms with Gasteiger partial charge in [-0.2, -0.15) is 0 Å². The van der Waals surface area contributed by atoms with Crippen molar-refractivity contribution in [1.29, 1.82) is 0 Å². The normalized spacial score (nSPS) is 12.9. The molecule has 0 saturated carbocycles. The summed E-state index contributed by atoms with van der Waals surface area (Å²) in [5.74, 6) is -0.323. The quantitative estimate of drug-likeness (QED) is 0.534. The topological polar surface area (TPSA) is 92.4 Å². The Morgan fingerprint density at radius 1 is 1.00 bits per heavy atom. The Labute approximate surface area is 166 Å². The van der Waals surface area contributed by atoms with Crippen LogP contribution in [-0.4, -0.2) is 20.7 Å². The molecule has 3 aromatic carbocycles. The lowest BCUT2D eigenvalue weighted by atomic mass is 10.00. The number of benzene rings is 3. The first-order chi connectivity index (χ1) is 13.5. The van der Waals surface area contributed by atoms with E-state index in [1.807, 2.05) is 66.7 Å². The summed E-state index contributed by atoms with van der Waals surface area (Å²) < 4.78 is 20.8. The van der Waals surface area contributed by atoms with Gasteiger partial charge >= 0.3 is 0 Å². The highest BCUT2D eigenvalue weighted by atomic mass is 32.2. The molecule has 144 valence electrons. The maximum atomic E-state index is 12.5. The molecule has 0 spiro atoms. The maximum Gasteiger partial charge on any atom is 0.241 e. The summed E-state index contributed by atoms with van der Waals surface area (Å²) >= 11 is -1.99. The average molecular weight is 394 g/mol. The van der Waals surface area contributed by atoms with E-state index in [0.717, 1.165) is 16.7 Å². The van der Waals surface area contributed by atoms with E-state index in [4.69, 9.17) is 5.73 Å². The van der Waals surface area contributed by atoms with Gasteiger partial charge in [0.05, 0.1) is 11.8 Å². The first kappa shape index (κ1) is 19.9. The van der Waals surface area contributed by atoms with Gasteiger partial charge in [0.15, 0.2) is 11.1 Å². The summed E-state index contributed by atoms with van der Waals surface area (Å²) in [6.07, 6.45) is 0.433. The minimum Gasteiger partial charge on any atom is -0.325 e. The molecule has 1 amide bonds. The minimum atomic E-state index is -1.99. The Morgan fingerprint density at radius 3 is 2.29 bits per heavy atom. The van der Waals surface area contributed by atoms with Crippen molar-refractivity contribution in [3.05, 3.63) is 90.0 Å². The molecule has 0 aliphatic carbocycles. The van der Waals surface area contributed by atoms with Gasteiger partial charge in [0, 0.05) is 5.69 Å². The van der Waals surface area contributed by atoms with Crippen LogP contribution in [-0.2, 0) is 28.0 Å². The van der Waals surface area contributed by atoms with Gasteiger partial charge in [-0.25, -0.2) is 4.21 Å². The molecule has 0 aliphatic heterocycles. The van der Waals surface area contributed by atoms with Crippen LogP contribution in [0.4, 0.5) is 5.69 Å². The monoisotopic (exact) mass is 394 g/mol. The van der Waals surface area contributed by atoms with Crippen molar-refractivity contribution in [2.24, 2.45) is 5.73 Å². The van der Waals surface area contributed by atoms with Crippen LogP contribution in [0.1, 0.15) is 11.1 Å². The van der Waals surface area contributed by atoms with E-state index in [1.165, 1.54) is 0 Å². The fourth-order valence-electron chi connectivity index (χ4n) is 3.02. The van der Waals surface area contributed by atoms with Crippen molar-refractivity contribution in [3.63, 3.8) is 0 Å². The summed E-state index contributed by atoms with van der Waals surface area (Å²) in [5.41, 5.74) is 10.1. The van der Waals surface area contributed by atoms with E-state index in [0.29, 0.717) is 17.7 Å². The van der Waals surface area contributed by atoms with Crippen molar-refractivity contribution < 1.29 is 13.6 Å². The number of nitrogens with two attached hydrogens (primary N) is 1. The molecule has 0 heterocycles. The van der Waals surface area contributed by atoms with Gasteiger partial charge in [0.25, 0.3) is 0 Å². The van der Waals surface area contributed by atoms with Gasteiger partial charge < -0.3 is 15.6 Å². The van der Waals surface area contributed by atoms with Gasteiger partial charge in [0.2, 0.25) is 5.91 Å².